The van der Waals surface area contributed by atoms with Gasteiger partial charge in [-0.05, 0) is 108 Å². The first-order valence-corrected chi connectivity index (χ1v) is 22.3. The summed E-state index contributed by atoms with van der Waals surface area (Å²) in [5.41, 5.74) is 12.0. The molecule has 0 bridgehead atoms. The van der Waals surface area contributed by atoms with Crippen LogP contribution in [0.15, 0.2) is 229 Å². The molecular formula is C60H37NOS. The molecule has 63 heavy (non-hydrogen) atoms. The first-order chi connectivity index (χ1) is 31.2. The summed E-state index contributed by atoms with van der Waals surface area (Å²) in [7, 11) is 0. The molecule has 0 saturated carbocycles. The third-order valence-electron chi connectivity index (χ3n) is 12.9. The van der Waals surface area contributed by atoms with Gasteiger partial charge in [-0.15, -0.1) is 11.3 Å². The minimum absolute atomic E-state index is 0.852. The van der Waals surface area contributed by atoms with E-state index in [2.05, 4.69) is 229 Å². The topological polar surface area (TPSA) is 16.4 Å². The SMILES string of the molecule is c1ccc(-c2ccc(-c3ccc(N(c4ccc(-c5cccc6ccccc56)cc4)c4ccc5ccc6ccccc6c5c4)c4oc5ccccc5c34)c3c2sc2ccccc23)cc1. The standard InChI is InChI=1S/C60H37NOS/c1-2-13-39(14-3-1)48-33-34-50(58-52-21-9-11-24-56(52)63-60(48)58)49-35-36-54(59-57(49)51-20-8-10-23-55(51)62-59)61(44-32-29-42-26-25-40-16-5-7-19-47(40)53(42)37-44)43-30-27-41(28-31-43)46-22-12-17-38-15-4-6-18-45(38)46/h1-37H. The van der Waals surface area contributed by atoms with Crippen molar-refractivity contribution in [3.8, 4) is 33.4 Å². The van der Waals surface area contributed by atoms with Gasteiger partial charge in [0.15, 0.2) is 5.58 Å². The van der Waals surface area contributed by atoms with Gasteiger partial charge in [-0.1, -0.05) is 182 Å². The van der Waals surface area contributed by atoms with Gasteiger partial charge in [0, 0.05) is 42.3 Å². The van der Waals surface area contributed by atoms with Crippen LogP contribution in [0.25, 0.3) is 108 Å². The zero-order valence-electron chi connectivity index (χ0n) is 34.1. The summed E-state index contributed by atoms with van der Waals surface area (Å²) >= 11 is 1.88. The Morgan fingerprint density at radius 1 is 0.349 bits per heavy atom. The van der Waals surface area contributed by atoms with Crippen molar-refractivity contribution in [2.75, 3.05) is 4.90 Å². The Morgan fingerprint density at radius 3 is 1.78 bits per heavy atom. The second kappa shape index (κ2) is 14.3. The summed E-state index contributed by atoms with van der Waals surface area (Å²) < 4.78 is 9.68. The van der Waals surface area contributed by atoms with Gasteiger partial charge in [-0.2, -0.15) is 0 Å². The smallest absolute Gasteiger partial charge is 0.160 e. The number of nitrogens with zero attached hydrogens (tertiary/aromatic N) is 1. The van der Waals surface area contributed by atoms with Crippen molar-refractivity contribution in [2.24, 2.45) is 0 Å². The number of para-hydroxylation sites is 1. The van der Waals surface area contributed by atoms with E-state index in [1.165, 1.54) is 80.3 Å². The molecule has 0 unspecified atom stereocenters. The molecule has 2 heterocycles. The number of anilines is 3. The lowest BCUT2D eigenvalue weighted by molar-refractivity contribution is 0.669. The van der Waals surface area contributed by atoms with Crippen LogP contribution in [0.3, 0.4) is 0 Å². The van der Waals surface area contributed by atoms with Crippen molar-refractivity contribution in [3.05, 3.63) is 224 Å². The largest absolute Gasteiger partial charge is 0.454 e. The number of furan rings is 1. The fourth-order valence-corrected chi connectivity index (χ4v) is 11.2. The molecule has 2 aromatic heterocycles. The lowest BCUT2D eigenvalue weighted by Crippen LogP contribution is -2.10. The van der Waals surface area contributed by atoms with Crippen LogP contribution in [-0.4, -0.2) is 0 Å². The molecule has 11 aromatic carbocycles. The molecule has 3 heteroatoms. The van der Waals surface area contributed by atoms with E-state index in [0.717, 1.165) is 44.6 Å². The van der Waals surface area contributed by atoms with Crippen LogP contribution in [0.2, 0.25) is 0 Å². The van der Waals surface area contributed by atoms with Crippen LogP contribution in [0, 0.1) is 0 Å². The van der Waals surface area contributed by atoms with Gasteiger partial charge in [0.25, 0.3) is 0 Å². The minimum Gasteiger partial charge on any atom is -0.454 e. The highest BCUT2D eigenvalue weighted by atomic mass is 32.1. The Bertz CT molecular complexity index is 3910. The molecule has 0 saturated heterocycles. The maximum atomic E-state index is 7.10. The van der Waals surface area contributed by atoms with Crippen LogP contribution in [0.1, 0.15) is 0 Å². The van der Waals surface area contributed by atoms with E-state index in [-0.39, 0.29) is 0 Å². The maximum absolute atomic E-state index is 7.10. The number of hydrogen-bond acceptors (Lipinski definition) is 3. The first-order valence-electron chi connectivity index (χ1n) is 21.5. The van der Waals surface area contributed by atoms with Crippen molar-refractivity contribution >= 4 is 103 Å². The van der Waals surface area contributed by atoms with Crippen LogP contribution in [0.4, 0.5) is 17.1 Å². The fraction of sp³-hybridized carbons (Fsp3) is 0. The van der Waals surface area contributed by atoms with Crippen molar-refractivity contribution in [1.82, 2.24) is 0 Å². The van der Waals surface area contributed by atoms with Gasteiger partial charge in [0.05, 0.1) is 5.69 Å². The van der Waals surface area contributed by atoms with E-state index in [1.54, 1.807) is 0 Å². The van der Waals surface area contributed by atoms with Crippen molar-refractivity contribution < 1.29 is 4.42 Å². The lowest BCUT2D eigenvalue weighted by atomic mass is 9.92. The van der Waals surface area contributed by atoms with Crippen LogP contribution in [-0.2, 0) is 0 Å². The van der Waals surface area contributed by atoms with Gasteiger partial charge in [0.2, 0.25) is 0 Å². The Labute approximate surface area is 368 Å². The second-order valence-electron chi connectivity index (χ2n) is 16.4. The van der Waals surface area contributed by atoms with E-state index in [1.807, 2.05) is 11.3 Å². The molecule has 0 radical (unpaired) electrons. The van der Waals surface area contributed by atoms with E-state index in [9.17, 15) is 0 Å². The number of benzene rings is 11. The molecule has 0 amide bonds. The highest BCUT2D eigenvalue weighted by Crippen LogP contribution is 2.50. The average Bonchev–Trinajstić information content (AvgIpc) is 3.94. The van der Waals surface area contributed by atoms with Gasteiger partial charge in [0.1, 0.15) is 5.58 Å². The summed E-state index contributed by atoms with van der Waals surface area (Å²) in [4.78, 5) is 2.39. The first kappa shape index (κ1) is 35.7. The summed E-state index contributed by atoms with van der Waals surface area (Å²) in [5, 5.41) is 12.1. The Morgan fingerprint density at radius 2 is 0.937 bits per heavy atom. The molecule has 2 nitrogen and oxygen atoms in total. The summed E-state index contributed by atoms with van der Waals surface area (Å²) in [6, 6.07) is 81.6. The number of fused-ring (bicyclic) bond motifs is 10. The van der Waals surface area contributed by atoms with E-state index < -0.39 is 0 Å². The highest BCUT2D eigenvalue weighted by Gasteiger charge is 2.25. The Hall–Kier alpha value is -7.98. The molecule has 0 N–H and O–H groups in total. The monoisotopic (exact) mass is 819 g/mol. The summed E-state index contributed by atoms with van der Waals surface area (Å²) in [6.45, 7) is 0. The Balaban J connectivity index is 1.07. The molecule has 13 aromatic rings. The number of rotatable bonds is 6. The molecule has 0 atom stereocenters. The van der Waals surface area contributed by atoms with E-state index >= 15 is 0 Å². The molecule has 0 aliphatic rings. The van der Waals surface area contributed by atoms with Crippen LogP contribution >= 0.6 is 11.3 Å². The average molecular weight is 820 g/mol. The maximum Gasteiger partial charge on any atom is 0.160 e. The molecule has 0 spiro atoms. The highest BCUT2D eigenvalue weighted by molar-refractivity contribution is 7.26. The third-order valence-corrected chi connectivity index (χ3v) is 14.1. The third kappa shape index (κ3) is 5.71. The summed E-state index contributed by atoms with van der Waals surface area (Å²) in [5.74, 6) is 0. The second-order valence-corrected chi connectivity index (χ2v) is 17.4. The van der Waals surface area contributed by atoms with Gasteiger partial charge in [-0.25, -0.2) is 0 Å². The Kier molecular flexibility index (Phi) is 8.12. The van der Waals surface area contributed by atoms with Gasteiger partial charge < -0.3 is 9.32 Å². The van der Waals surface area contributed by atoms with Crippen LogP contribution in [0.5, 0.6) is 0 Å². The number of hydrogen-bond donors (Lipinski definition) is 0. The lowest BCUT2D eigenvalue weighted by Gasteiger charge is -2.27. The predicted molar refractivity (Wildman–Crippen MR) is 270 cm³/mol. The molecule has 294 valence electrons. The summed E-state index contributed by atoms with van der Waals surface area (Å²) in [6.07, 6.45) is 0. The fourth-order valence-electron chi connectivity index (χ4n) is 9.94. The van der Waals surface area contributed by atoms with E-state index in [4.69, 9.17) is 4.42 Å². The van der Waals surface area contributed by atoms with Crippen molar-refractivity contribution in [1.29, 1.82) is 0 Å². The van der Waals surface area contributed by atoms with Gasteiger partial charge >= 0.3 is 0 Å². The van der Waals surface area contributed by atoms with Crippen LogP contribution < -0.4 is 4.90 Å². The quantitative estimate of drug-likeness (QED) is 0.155. The normalized spacial score (nSPS) is 11.8. The van der Waals surface area contributed by atoms with E-state index in [0.29, 0.717) is 0 Å². The molecular weight excluding hydrogens is 783 g/mol. The molecule has 0 aliphatic carbocycles. The minimum atomic E-state index is 0.852. The molecule has 13 rings (SSSR count). The molecule has 0 aliphatic heterocycles. The zero-order valence-corrected chi connectivity index (χ0v) is 34.9. The van der Waals surface area contributed by atoms with Gasteiger partial charge in [-0.3, -0.25) is 0 Å². The van der Waals surface area contributed by atoms with Crippen molar-refractivity contribution in [2.45, 2.75) is 0 Å². The molecule has 0 fully saturated rings. The van der Waals surface area contributed by atoms with Crippen molar-refractivity contribution in [3.63, 3.8) is 0 Å². The predicted octanol–water partition coefficient (Wildman–Crippen LogP) is 17.9. The number of thiophene rings is 1. The zero-order chi connectivity index (χ0) is 41.4.